The second-order valence-electron chi connectivity index (χ2n) is 4.33. The third-order valence-electron chi connectivity index (χ3n) is 1.69. The average molecular weight is 305 g/mol. The van der Waals surface area contributed by atoms with Crippen molar-refractivity contribution in [3.8, 4) is 0 Å². The predicted molar refractivity (Wildman–Crippen MR) is 68.6 cm³/mol. The number of rotatable bonds is 3. The SMILES string of the molecule is CC(C)(C)Nc1ccc(COI)cc1. The van der Waals surface area contributed by atoms with Crippen molar-refractivity contribution in [2.75, 3.05) is 5.32 Å². The first kappa shape index (κ1) is 11.8. The molecule has 0 radical (unpaired) electrons. The lowest BCUT2D eigenvalue weighted by molar-refractivity contribution is 0.418. The minimum absolute atomic E-state index is 0.112. The predicted octanol–water partition coefficient (Wildman–Crippen LogP) is 3.76. The van der Waals surface area contributed by atoms with Crippen molar-refractivity contribution in [3.63, 3.8) is 0 Å². The first-order valence-corrected chi connectivity index (χ1v) is 5.50. The number of halogens is 1. The molecule has 78 valence electrons. The summed E-state index contributed by atoms with van der Waals surface area (Å²) >= 11 is 1.91. The van der Waals surface area contributed by atoms with Gasteiger partial charge in [-0.2, -0.15) is 0 Å². The first-order chi connectivity index (χ1) is 6.51. The molecule has 0 saturated heterocycles. The molecule has 14 heavy (non-hydrogen) atoms. The largest absolute Gasteiger partial charge is 0.380 e. The van der Waals surface area contributed by atoms with Crippen LogP contribution < -0.4 is 5.32 Å². The lowest BCUT2D eigenvalue weighted by Crippen LogP contribution is -2.25. The Labute approximate surface area is 99.7 Å². The molecular formula is C11H16INO. The highest BCUT2D eigenvalue weighted by molar-refractivity contribution is 14.1. The van der Waals surface area contributed by atoms with Crippen LogP contribution in [-0.2, 0) is 9.67 Å². The summed E-state index contributed by atoms with van der Waals surface area (Å²) in [6.07, 6.45) is 0. The second-order valence-corrected chi connectivity index (χ2v) is 4.95. The zero-order valence-corrected chi connectivity index (χ0v) is 11.0. The molecule has 1 aromatic rings. The van der Waals surface area contributed by atoms with Crippen LogP contribution in [0.4, 0.5) is 5.69 Å². The van der Waals surface area contributed by atoms with Crippen LogP contribution in [0.15, 0.2) is 24.3 Å². The monoisotopic (exact) mass is 305 g/mol. The Morgan fingerprint density at radius 3 is 2.21 bits per heavy atom. The molecule has 0 fully saturated rings. The van der Waals surface area contributed by atoms with E-state index in [1.54, 1.807) is 0 Å². The van der Waals surface area contributed by atoms with Gasteiger partial charge in [-0.05, 0) is 38.5 Å². The summed E-state index contributed by atoms with van der Waals surface area (Å²) in [6.45, 7) is 7.11. The Balaban J connectivity index is 2.64. The highest BCUT2D eigenvalue weighted by atomic mass is 127. The summed E-state index contributed by atoms with van der Waals surface area (Å²) in [5.41, 5.74) is 2.45. The zero-order valence-electron chi connectivity index (χ0n) is 8.80. The molecule has 0 aliphatic rings. The Morgan fingerprint density at radius 1 is 1.21 bits per heavy atom. The van der Waals surface area contributed by atoms with E-state index in [9.17, 15) is 0 Å². The normalized spacial score (nSPS) is 11.4. The minimum atomic E-state index is 0.112. The van der Waals surface area contributed by atoms with Crippen molar-refractivity contribution in [2.24, 2.45) is 0 Å². The Hall–Kier alpha value is -0.290. The van der Waals surface area contributed by atoms with Gasteiger partial charge >= 0.3 is 0 Å². The maximum atomic E-state index is 5.02. The number of anilines is 1. The lowest BCUT2D eigenvalue weighted by Gasteiger charge is -2.22. The summed E-state index contributed by atoms with van der Waals surface area (Å²) in [4.78, 5) is 0. The number of hydrogen-bond acceptors (Lipinski definition) is 2. The van der Waals surface area contributed by atoms with Crippen molar-refractivity contribution < 1.29 is 3.07 Å². The van der Waals surface area contributed by atoms with Crippen LogP contribution in [-0.4, -0.2) is 5.54 Å². The molecule has 2 nitrogen and oxygen atoms in total. The van der Waals surface area contributed by atoms with Crippen molar-refractivity contribution in [3.05, 3.63) is 29.8 Å². The first-order valence-electron chi connectivity index (χ1n) is 4.62. The molecular weight excluding hydrogens is 289 g/mol. The van der Waals surface area contributed by atoms with Gasteiger partial charge in [0.25, 0.3) is 0 Å². The van der Waals surface area contributed by atoms with Crippen molar-refractivity contribution >= 4 is 28.7 Å². The van der Waals surface area contributed by atoms with E-state index >= 15 is 0 Å². The minimum Gasteiger partial charge on any atom is -0.380 e. The Morgan fingerprint density at radius 2 is 1.79 bits per heavy atom. The van der Waals surface area contributed by atoms with Gasteiger partial charge in [0.05, 0.1) is 6.61 Å². The van der Waals surface area contributed by atoms with Gasteiger partial charge < -0.3 is 8.38 Å². The molecule has 0 aliphatic heterocycles. The number of hydrogen-bond donors (Lipinski definition) is 1. The Kier molecular flexibility index (Phi) is 4.19. The maximum absolute atomic E-state index is 5.02. The van der Waals surface area contributed by atoms with Crippen molar-refractivity contribution in [2.45, 2.75) is 32.9 Å². The molecule has 0 heterocycles. The smallest absolute Gasteiger partial charge is 0.110 e. The molecule has 0 bridgehead atoms. The molecule has 0 aromatic heterocycles. The van der Waals surface area contributed by atoms with Gasteiger partial charge in [0.2, 0.25) is 0 Å². The summed E-state index contributed by atoms with van der Waals surface area (Å²) in [5, 5.41) is 3.41. The zero-order chi connectivity index (χ0) is 10.6. The van der Waals surface area contributed by atoms with E-state index in [0.29, 0.717) is 6.61 Å². The van der Waals surface area contributed by atoms with E-state index in [1.807, 2.05) is 23.0 Å². The highest BCUT2D eigenvalue weighted by Crippen LogP contribution is 2.15. The van der Waals surface area contributed by atoms with E-state index < -0.39 is 0 Å². The fourth-order valence-electron chi connectivity index (χ4n) is 1.18. The van der Waals surface area contributed by atoms with Crippen LogP contribution in [0.2, 0.25) is 0 Å². The van der Waals surface area contributed by atoms with E-state index in [0.717, 1.165) is 5.69 Å². The van der Waals surface area contributed by atoms with Crippen molar-refractivity contribution in [1.82, 2.24) is 0 Å². The fourth-order valence-corrected chi connectivity index (χ4v) is 1.54. The fraction of sp³-hybridized carbons (Fsp3) is 0.455. The van der Waals surface area contributed by atoms with Crippen molar-refractivity contribution in [1.29, 1.82) is 0 Å². The van der Waals surface area contributed by atoms with Crippen LogP contribution in [0.3, 0.4) is 0 Å². The third kappa shape index (κ3) is 4.28. The standard InChI is InChI=1S/C11H16INO/c1-11(2,3)13-10-6-4-9(5-7-10)8-14-12/h4-7,13H,8H2,1-3H3. The molecule has 1 N–H and O–H groups in total. The quantitative estimate of drug-likeness (QED) is 0.859. The van der Waals surface area contributed by atoms with E-state index in [2.05, 4.69) is 50.4 Å². The van der Waals surface area contributed by atoms with Gasteiger partial charge in [-0.25, -0.2) is 0 Å². The van der Waals surface area contributed by atoms with Crippen LogP contribution >= 0.6 is 23.0 Å². The topological polar surface area (TPSA) is 21.3 Å². The molecule has 0 aliphatic carbocycles. The lowest BCUT2D eigenvalue weighted by atomic mass is 10.1. The third-order valence-corrected chi connectivity index (χ3v) is 2.01. The van der Waals surface area contributed by atoms with Gasteiger partial charge in [-0.3, -0.25) is 0 Å². The summed E-state index contributed by atoms with van der Waals surface area (Å²) < 4.78 is 5.02. The molecule has 0 spiro atoms. The van der Waals surface area contributed by atoms with Crippen LogP contribution in [0.1, 0.15) is 26.3 Å². The summed E-state index contributed by atoms with van der Waals surface area (Å²) in [5.74, 6) is 0. The van der Waals surface area contributed by atoms with Gasteiger partial charge in [-0.1, -0.05) is 12.1 Å². The molecule has 3 heteroatoms. The number of nitrogens with one attached hydrogen (secondary N) is 1. The van der Waals surface area contributed by atoms with Crippen LogP contribution in [0.25, 0.3) is 0 Å². The summed E-state index contributed by atoms with van der Waals surface area (Å²) in [7, 11) is 0. The van der Waals surface area contributed by atoms with Gasteiger partial charge in [0.1, 0.15) is 23.0 Å². The van der Waals surface area contributed by atoms with E-state index in [1.165, 1.54) is 5.56 Å². The van der Waals surface area contributed by atoms with Gasteiger partial charge in [0, 0.05) is 11.2 Å². The average Bonchev–Trinajstić information content (AvgIpc) is 2.06. The Bertz CT molecular complexity index is 276. The molecule has 0 unspecified atom stereocenters. The second kappa shape index (κ2) is 4.98. The molecule has 1 aromatic carbocycles. The summed E-state index contributed by atoms with van der Waals surface area (Å²) in [6, 6.07) is 8.31. The van der Waals surface area contributed by atoms with E-state index in [-0.39, 0.29) is 5.54 Å². The van der Waals surface area contributed by atoms with Crippen LogP contribution in [0, 0.1) is 0 Å². The molecule has 0 amide bonds. The van der Waals surface area contributed by atoms with Gasteiger partial charge in [-0.15, -0.1) is 0 Å². The van der Waals surface area contributed by atoms with Crippen LogP contribution in [0.5, 0.6) is 0 Å². The van der Waals surface area contributed by atoms with Gasteiger partial charge in [0.15, 0.2) is 0 Å². The van der Waals surface area contributed by atoms with E-state index in [4.69, 9.17) is 3.07 Å². The molecule has 1 rings (SSSR count). The maximum Gasteiger partial charge on any atom is 0.110 e. The molecule has 0 atom stereocenters. The number of benzene rings is 1. The highest BCUT2D eigenvalue weighted by Gasteiger charge is 2.08. The molecule has 0 saturated carbocycles.